The molecule has 34 heavy (non-hydrogen) atoms. The molecule has 0 saturated carbocycles. The highest BCUT2D eigenvalue weighted by Crippen LogP contribution is 2.27. The van der Waals surface area contributed by atoms with Crippen LogP contribution in [0.4, 0.5) is 16.2 Å². The first-order valence-corrected chi connectivity index (χ1v) is 11.5. The molecule has 182 valence electrons. The number of nitro groups is 1. The number of nitriles is 1. The number of nitrogens with zero attached hydrogens (tertiary/aromatic N) is 4. The Labute approximate surface area is 201 Å². The van der Waals surface area contributed by atoms with E-state index in [-0.39, 0.29) is 12.1 Å². The summed E-state index contributed by atoms with van der Waals surface area (Å²) >= 11 is 1.42. The molecule has 1 aromatic heterocycles. The van der Waals surface area contributed by atoms with Crippen molar-refractivity contribution in [3.8, 4) is 6.07 Å². The second kappa shape index (κ2) is 11.9. The molecule has 11 nitrogen and oxygen atoms in total. The van der Waals surface area contributed by atoms with Crippen molar-refractivity contribution in [3.63, 3.8) is 0 Å². The number of hydrogen-bond acceptors (Lipinski definition) is 9. The average Bonchev–Trinajstić information content (AvgIpc) is 3.46. The normalized spacial score (nSPS) is 13.8. The standard InChI is InChI=1S/C11H17N3O3S.C11H11N3O2/c1-11(2,3)17-10(16)14-8(9(12)15)4-7-5-18-6-13-7;12-8-9-7-10(14(15)16)3-4-11(9)13-5-1-2-6-13/h5-6,8H,4H2,1-3H3,(H2,12,15)(H,14,16);3-4,7H,1-2,5-6H2/t8-;/m0./s1. The lowest BCUT2D eigenvalue weighted by Crippen LogP contribution is -2.47. The summed E-state index contributed by atoms with van der Waals surface area (Å²) in [6.45, 7) is 7.07. The number of primary amides is 1. The van der Waals surface area contributed by atoms with Gasteiger partial charge < -0.3 is 20.7 Å². The maximum absolute atomic E-state index is 11.5. The van der Waals surface area contributed by atoms with Crippen molar-refractivity contribution < 1.29 is 19.2 Å². The lowest BCUT2D eigenvalue weighted by Gasteiger charge is -2.22. The van der Waals surface area contributed by atoms with Crippen LogP contribution < -0.4 is 16.0 Å². The molecule has 1 aliphatic rings. The van der Waals surface area contributed by atoms with E-state index in [2.05, 4.69) is 15.2 Å². The first kappa shape index (κ1) is 26.5. The highest BCUT2D eigenvalue weighted by molar-refractivity contribution is 7.07. The summed E-state index contributed by atoms with van der Waals surface area (Å²) in [4.78, 5) is 39.0. The van der Waals surface area contributed by atoms with E-state index in [1.54, 1.807) is 37.7 Å². The summed E-state index contributed by atoms with van der Waals surface area (Å²) in [5.74, 6) is -0.617. The first-order chi connectivity index (χ1) is 16.0. The third-order valence-electron chi connectivity index (χ3n) is 4.69. The van der Waals surface area contributed by atoms with Gasteiger partial charge in [0.1, 0.15) is 17.7 Å². The van der Waals surface area contributed by atoms with Crippen LogP contribution in [0.5, 0.6) is 0 Å². The van der Waals surface area contributed by atoms with Crippen molar-refractivity contribution in [1.82, 2.24) is 10.3 Å². The monoisotopic (exact) mass is 488 g/mol. The summed E-state index contributed by atoms with van der Waals surface area (Å²) in [6.07, 6.45) is 1.82. The molecule has 0 spiro atoms. The van der Waals surface area contributed by atoms with E-state index >= 15 is 0 Å². The number of anilines is 1. The molecule has 0 unspecified atom stereocenters. The number of nitrogens with one attached hydrogen (secondary N) is 1. The SMILES string of the molecule is CC(C)(C)OC(=O)N[C@@H](Cc1cscn1)C(N)=O.N#Cc1cc([N+](=O)[O-])ccc1N1CCCC1. The van der Waals surface area contributed by atoms with E-state index in [1.807, 2.05) is 6.07 Å². The number of thiazole rings is 1. The van der Waals surface area contributed by atoms with E-state index < -0.39 is 28.6 Å². The highest BCUT2D eigenvalue weighted by Gasteiger charge is 2.23. The fourth-order valence-electron chi connectivity index (χ4n) is 3.18. The van der Waals surface area contributed by atoms with Crippen LogP contribution in [0.3, 0.4) is 0 Å². The van der Waals surface area contributed by atoms with Crippen molar-refractivity contribution in [2.45, 2.75) is 51.7 Å². The molecule has 0 bridgehead atoms. The number of hydrogen-bond donors (Lipinski definition) is 2. The molecular weight excluding hydrogens is 460 g/mol. The van der Waals surface area contributed by atoms with Crippen molar-refractivity contribution >= 4 is 34.7 Å². The van der Waals surface area contributed by atoms with Gasteiger partial charge in [-0.2, -0.15) is 5.26 Å². The second-order valence-electron chi connectivity index (χ2n) is 8.55. The summed E-state index contributed by atoms with van der Waals surface area (Å²) in [5, 5.41) is 23.8. The van der Waals surface area contributed by atoms with Gasteiger partial charge in [-0.1, -0.05) is 0 Å². The topological polar surface area (TPSA) is 164 Å². The Morgan fingerprint density at radius 3 is 2.56 bits per heavy atom. The molecule has 0 aliphatic carbocycles. The van der Waals surface area contributed by atoms with Gasteiger partial charge in [0.2, 0.25) is 5.91 Å². The van der Waals surface area contributed by atoms with E-state index in [0.29, 0.717) is 11.3 Å². The van der Waals surface area contributed by atoms with Crippen LogP contribution in [0.2, 0.25) is 0 Å². The third kappa shape index (κ3) is 8.32. The molecule has 0 radical (unpaired) electrons. The number of carbonyl (C=O) groups excluding carboxylic acids is 2. The van der Waals surface area contributed by atoms with Crippen molar-refractivity contribution in [1.29, 1.82) is 5.26 Å². The zero-order chi connectivity index (χ0) is 25.3. The van der Waals surface area contributed by atoms with Gasteiger partial charge in [0.25, 0.3) is 5.69 Å². The van der Waals surface area contributed by atoms with Crippen LogP contribution in [0, 0.1) is 21.4 Å². The Morgan fingerprint density at radius 2 is 2.06 bits per heavy atom. The van der Waals surface area contributed by atoms with Crippen molar-refractivity contribution in [2.24, 2.45) is 5.73 Å². The number of nitrogens with two attached hydrogens (primary N) is 1. The number of ether oxygens (including phenoxy) is 1. The maximum atomic E-state index is 11.5. The maximum Gasteiger partial charge on any atom is 0.408 e. The fourth-order valence-corrected chi connectivity index (χ4v) is 3.75. The molecule has 1 aliphatic heterocycles. The van der Waals surface area contributed by atoms with Crippen molar-refractivity contribution in [3.05, 3.63) is 50.5 Å². The summed E-state index contributed by atoms with van der Waals surface area (Å²) in [7, 11) is 0. The number of aromatic nitrogens is 1. The minimum Gasteiger partial charge on any atom is -0.444 e. The number of non-ortho nitro benzene ring substituents is 1. The highest BCUT2D eigenvalue weighted by atomic mass is 32.1. The molecule has 2 amide bonds. The predicted octanol–water partition coefficient (Wildman–Crippen LogP) is 3.13. The Morgan fingerprint density at radius 1 is 1.38 bits per heavy atom. The van der Waals surface area contributed by atoms with Gasteiger partial charge in [-0.3, -0.25) is 14.9 Å². The van der Waals surface area contributed by atoms with Gasteiger partial charge >= 0.3 is 6.09 Å². The number of rotatable bonds is 6. The average molecular weight is 489 g/mol. The van der Waals surface area contributed by atoms with Gasteiger partial charge in [0.15, 0.2) is 0 Å². The second-order valence-corrected chi connectivity index (χ2v) is 9.27. The lowest BCUT2D eigenvalue weighted by atomic mass is 10.1. The molecule has 1 fully saturated rings. The Kier molecular flexibility index (Phi) is 9.32. The third-order valence-corrected chi connectivity index (χ3v) is 5.32. The van der Waals surface area contributed by atoms with E-state index in [0.717, 1.165) is 31.6 Å². The molecular formula is C22H28N6O5S. The molecule has 3 rings (SSSR count). The quantitative estimate of drug-likeness (QED) is 0.462. The first-order valence-electron chi connectivity index (χ1n) is 10.6. The summed E-state index contributed by atoms with van der Waals surface area (Å²) < 4.78 is 5.06. The predicted molar refractivity (Wildman–Crippen MR) is 127 cm³/mol. The smallest absolute Gasteiger partial charge is 0.408 e. The Balaban J connectivity index is 0.000000241. The van der Waals surface area contributed by atoms with Gasteiger partial charge in [0.05, 0.1) is 27.4 Å². The number of nitro benzene ring substituents is 1. The number of amides is 2. The van der Waals surface area contributed by atoms with Crippen LogP contribution in [-0.4, -0.2) is 46.6 Å². The minimum absolute atomic E-state index is 0.0282. The zero-order valence-corrected chi connectivity index (χ0v) is 20.1. The van der Waals surface area contributed by atoms with Crippen LogP contribution >= 0.6 is 11.3 Å². The molecule has 1 aromatic carbocycles. The minimum atomic E-state index is -0.818. The molecule has 2 aromatic rings. The molecule has 2 heterocycles. The van der Waals surface area contributed by atoms with Crippen LogP contribution in [0.25, 0.3) is 0 Å². The molecule has 1 atom stereocenters. The molecule has 12 heteroatoms. The van der Waals surface area contributed by atoms with Gasteiger partial charge in [0, 0.05) is 37.0 Å². The number of carbonyl (C=O) groups is 2. The Hall–Kier alpha value is -3.72. The van der Waals surface area contributed by atoms with Crippen LogP contribution in [0.1, 0.15) is 44.9 Å². The largest absolute Gasteiger partial charge is 0.444 e. The number of benzene rings is 1. The van der Waals surface area contributed by atoms with E-state index in [1.165, 1.54) is 23.5 Å². The number of alkyl carbamates (subject to hydrolysis) is 1. The van der Waals surface area contributed by atoms with Crippen LogP contribution in [-0.2, 0) is 16.0 Å². The van der Waals surface area contributed by atoms with Gasteiger partial charge in [-0.25, -0.2) is 9.78 Å². The van der Waals surface area contributed by atoms with E-state index in [4.69, 9.17) is 15.7 Å². The van der Waals surface area contributed by atoms with Crippen molar-refractivity contribution in [2.75, 3.05) is 18.0 Å². The fraction of sp³-hybridized carbons (Fsp3) is 0.455. The van der Waals surface area contributed by atoms with Crippen LogP contribution in [0.15, 0.2) is 29.1 Å². The molecule has 3 N–H and O–H groups in total. The zero-order valence-electron chi connectivity index (χ0n) is 19.3. The Bertz CT molecular complexity index is 1040. The van der Waals surface area contributed by atoms with Gasteiger partial charge in [-0.05, 0) is 39.7 Å². The van der Waals surface area contributed by atoms with E-state index in [9.17, 15) is 19.7 Å². The lowest BCUT2D eigenvalue weighted by molar-refractivity contribution is -0.384. The van der Waals surface area contributed by atoms with Gasteiger partial charge in [-0.15, -0.1) is 11.3 Å². The summed E-state index contributed by atoms with van der Waals surface area (Å²) in [5.41, 5.74) is 8.14. The molecule has 1 saturated heterocycles. The summed E-state index contributed by atoms with van der Waals surface area (Å²) in [6, 6.07) is 5.67.